The number of halogens is 4. The lowest BCUT2D eigenvalue weighted by Gasteiger charge is -2.13. The van der Waals surface area contributed by atoms with Crippen LogP contribution in [0.3, 0.4) is 0 Å². The van der Waals surface area contributed by atoms with E-state index in [1.54, 1.807) is 0 Å². The number of carbonyl (C=O) groups excluding carboxylic acids is 1. The number of pyridine rings is 1. The van der Waals surface area contributed by atoms with Gasteiger partial charge >= 0.3 is 6.61 Å². The van der Waals surface area contributed by atoms with Crippen molar-refractivity contribution in [2.24, 2.45) is 7.05 Å². The third-order valence-corrected chi connectivity index (χ3v) is 5.50. The van der Waals surface area contributed by atoms with Crippen molar-refractivity contribution in [2.45, 2.75) is 6.61 Å². The summed E-state index contributed by atoms with van der Waals surface area (Å²) in [4.78, 5) is 30.7. The number of hydrogen-bond acceptors (Lipinski definition) is 6. The zero-order chi connectivity index (χ0) is 27.6. The van der Waals surface area contributed by atoms with Crippen molar-refractivity contribution < 1.29 is 36.6 Å². The minimum Gasteiger partial charge on any atom is -0.497 e. The topological polar surface area (TPSA) is 96.6 Å². The van der Waals surface area contributed by atoms with Crippen molar-refractivity contribution in [3.8, 4) is 34.3 Å². The Morgan fingerprint density at radius 1 is 0.947 bits per heavy atom. The minimum absolute atomic E-state index is 0.0393. The second kappa shape index (κ2) is 10.7. The van der Waals surface area contributed by atoms with Crippen LogP contribution in [0.5, 0.6) is 17.2 Å². The van der Waals surface area contributed by atoms with Gasteiger partial charge in [-0.3, -0.25) is 14.3 Å². The number of ether oxygens (including phenoxy) is 3. The number of methoxy groups -OCH3 is 2. The van der Waals surface area contributed by atoms with E-state index in [4.69, 9.17) is 9.47 Å². The van der Waals surface area contributed by atoms with E-state index in [0.29, 0.717) is 5.75 Å². The molecule has 198 valence electrons. The standard InChI is InChI=1S/C25H20F4N4O5/c1-32-22(20-17(26)10-16(37-3)11-18(20)27)21(24(35)33(32)19-12-15(36-2)8-9-30-19)31-23(34)13-4-6-14(7-5-13)38-25(28)29/h4-12,25H,1-3H3,(H,31,34). The molecule has 2 aromatic heterocycles. The van der Waals surface area contributed by atoms with E-state index in [1.807, 2.05) is 0 Å². The highest BCUT2D eigenvalue weighted by Crippen LogP contribution is 2.34. The molecule has 0 bridgehead atoms. The molecule has 4 aromatic rings. The molecule has 0 spiro atoms. The summed E-state index contributed by atoms with van der Waals surface area (Å²) < 4.78 is 71.6. The highest BCUT2D eigenvalue weighted by molar-refractivity contribution is 6.06. The third-order valence-electron chi connectivity index (χ3n) is 5.50. The number of amides is 1. The fourth-order valence-electron chi connectivity index (χ4n) is 3.77. The molecule has 0 radical (unpaired) electrons. The van der Waals surface area contributed by atoms with Crippen molar-refractivity contribution in [3.63, 3.8) is 0 Å². The lowest BCUT2D eigenvalue weighted by Crippen LogP contribution is -2.23. The molecule has 0 saturated heterocycles. The van der Waals surface area contributed by atoms with E-state index in [9.17, 15) is 18.4 Å². The van der Waals surface area contributed by atoms with E-state index in [2.05, 4.69) is 15.0 Å². The van der Waals surface area contributed by atoms with Gasteiger partial charge < -0.3 is 19.5 Å². The van der Waals surface area contributed by atoms with Crippen LogP contribution in [0, 0.1) is 11.6 Å². The van der Waals surface area contributed by atoms with Gasteiger partial charge in [-0.1, -0.05) is 0 Å². The zero-order valence-electron chi connectivity index (χ0n) is 20.2. The molecule has 9 nitrogen and oxygen atoms in total. The van der Waals surface area contributed by atoms with Crippen LogP contribution in [0.15, 0.2) is 59.5 Å². The summed E-state index contributed by atoms with van der Waals surface area (Å²) in [5.74, 6) is -2.86. The fourth-order valence-corrected chi connectivity index (χ4v) is 3.77. The van der Waals surface area contributed by atoms with Crippen LogP contribution in [0.4, 0.5) is 23.2 Å². The molecule has 0 fully saturated rings. The molecule has 0 saturated carbocycles. The molecular weight excluding hydrogens is 512 g/mol. The Hall–Kier alpha value is -4.81. The summed E-state index contributed by atoms with van der Waals surface area (Å²) in [5, 5.41) is 2.39. The maximum atomic E-state index is 15.1. The number of aromatic nitrogens is 3. The van der Waals surface area contributed by atoms with Crippen LogP contribution in [0.2, 0.25) is 0 Å². The lowest BCUT2D eigenvalue weighted by molar-refractivity contribution is -0.0498. The number of nitrogens with one attached hydrogen (secondary N) is 1. The first-order chi connectivity index (χ1) is 18.1. The van der Waals surface area contributed by atoms with Crippen LogP contribution in [0.1, 0.15) is 10.4 Å². The maximum absolute atomic E-state index is 15.1. The molecule has 0 aliphatic rings. The lowest BCUT2D eigenvalue weighted by atomic mass is 10.1. The van der Waals surface area contributed by atoms with Crippen molar-refractivity contribution in [1.29, 1.82) is 0 Å². The predicted molar refractivity (Wildman–Crippen MR) is 128 cm³/mol. The predicted octanol–water partition coefficient (Wildman–Crippen LogP) is 4.39. The third kappa shape index (κ3) is 5.03. The van der Waals surface area contributed by atoms with Gasteiger partial charge in [0.15, 0.2) is 5.82 Å². The van der Waals surface area contributed by atoms with Crippen LogP contribution < -0.4 is 25.1 Å². The Labute approximate surface area is 212 Å². The Kier molecular flexibility index (Phi) is 7.37. The number of anilines is 1. The Morgan fingerprint density at radius 2 is 1.58 bits per heavy atom. The Balaban J connectivity index is 1.87. The molecule has 4 rings (SSSR count). The van der Waals surface area contributed by atoms with Crippen LogP contribution in [0.25, 0.3) is 17.1 Å². The molecule has 0 atom stereocenters. The van der Waals surface area contributed by atoms with Gasteiger partial charge in [0.1, 0.15) is 40.3 Å². The quantitative estimate of drug-likeness (QED) is 0.338. The largest absolute Gasteiger partial charge is 0.497 e. The fraction of sp³-hybridized carbons (Fsp3) is 0.160. The van der Waals surface area contributed by atoms with E-state index < -0.39 is 41.0 Å². The van der Waals surface area contributed by atoms with Crippen molar-refractivity contribution in [3.05, 3.63) is 82.3 Å². The highest BCUT2D eigenvalue weighted by Gasteiger charge is 2.28. The van der Waals surface area contributed by atoms with E-state index in [-0.39, 0.29) is 28.6 Å². The van der Waals surface area contributed by atoms with Gasteiger partial charge in [0.25, 0.3) is 11.5 Å². The molecule has 0 unspecified atom stereocenters. The average molecular weight is 532 g/mol. The smallest absolute Gasteiger partial charge is 0.387 e. The second-order valence-electron chi connectivity index (χ2n) is 7.74. The molecule has 0 aliphatic carbocycles. The minimum atomic E-state index is -3.06. The highest BCUT2D eigenvalue weighted by atomic mass is 19.3. The zero-order valence-corrected chi connectivity index (χ0v) is 20.2. The molecule has 1 amide bonds. The first-order valence-electron chi connectivity index (χ1n) is 10.9. The molecular formula is C25H20F4N4O5. The summed E-state index contributed by atoms with van der Waals surface area (Å²) in [6.45, 7) is -3.06. The van der Waals surface area contributed by atoms with E-state index in [1.165, 1.54) is 51.7 Å². The Morgan fingerprint density at radius 3 is 2.16 bits per heavy atom. The summed E-state index contributed by atoms with van der Waals surface area (Å²) in [6, 6.07) is 9.44. The first kappa shape index (κ1) is 26.3. The SMILES string of the molecule is COc1ccnc(-n2c(=O)c(NC(=O)c3ccc(OC(F)F)cc3)c(-c3c(F)cc(OC)cc3F)n2C)c1. The molecule has 0 aliphatic heterocycles. The van der Waals surface area contributed by atoms with Gasteiger partial charge in [-0.25, -0.2) is 13.8 Å². The van der Waals surface area contributed by atoms with Crippen molar-refractivity contribution in [2.75, 3.05) is 19.5 Å². The Bertz CT molecular complexity index is 1530. The number of rotatable bonds is 8. The van der Waals surface area contributed by atoms with Gasteiger partial charge in [0, 0.05) is 37.0 Å². The molecule has 2 aromatic carbocycles. The van der Waals surface area contributed by atoms with Crippen molar-refractivity contribution >= 4 is 11.6 Å². The van der Waals surface area contributed by atoms with E-state index >= 15 is 8.78 Å². The van der Waals surface area contributed by atoms with Crippen LogP contribution in [-0.2, 0) is 7.05 Å². The summed E-state index contributed by atoms with van der Waals surface area (Å²) >= 11 is 0. The van der Waals surface area contributed by atoms with Crippen LogP contribution in [-0.4, -0.2) is 41.1 Å². The van der Waals surface area contributed by atoms with Gasteiger partial charge in [-0.15, -0.1) is 0 Å². The number of nitrogens with zero attached hydrogens (tertiary/aromatic N) is 3. The first-order valence-corrected chi connectivity index (χ1v) is 10.9. The summed E-state index contributed by atoms with van der Waals surface area (Å²) in [6.07, 6.45) is 1.36. The number of alkyl halides is 2. The number of hydrogen-bond donors (Lipinski definition) is 1. The van der Waals surface area contributed by atoms with Crippen LogP contribution >= 0.6 is 0 Å². The average Bonchev–Trinajstić information content (AvgIpc) is 3.12. The van der Waals surface area contributed by atoms with Crippen molar-refractivity contribution in [1.82, 2.24) is 14.3 Å². The van der Waals surface area contributed by atoms with Gasteiger partial charge in [0.05, 0.1) is 19.8 Å². The molecule has 1 N–H and O–H groups in total. The van der Waals surface area contributed by atoms with E-state index in [0.717, 1.165) is 33.6 Å². The van der Waals surface area contributed by atoms with Gasteiger partial charge in [-0.2, -0.15) is 13.5 Å². The number of carbonyl (C=O) groups is 1. The second-order valence-corrected chi connectivity index (χ2v) is 7.74. The molecule has 13 heteroatoms. The normalized spacial score (nSPS) is 10.9. The summed E-state index contributed by atoms with van der Waals surface area (Å²) in [5.41, 5.74) is -2.27. The molecule has 2 heterocycles. The number of benzene rings is 2. The monoisotopic (exact) mass is 532 g/mol. The summed E-state index contributed by atoms with van der Waals surface area (Å²) in [7, 11) is 3.99. The van der Waals surface area contributed by atoms with Gasteiger partial charge in [-0.05, 0) is 30.3 Å². The molecule has 38 heavy (non-hydrogen) atoms. The van der Waals surface area contributed by atoms with Gasteiger partial charge in [0.2, 0.25) is 0 Å². The maximum Gasteiger partial charge on any atom is 0.387 e.